The summed E-state index contributed by atoms with van der Waals surface area (Å²) in [6.07, 6.45) is -2.85. The third kappa shape index (κ3) is 4.90. The average Bonchev–Trinajstić information content (AvgIpc) is 3.47. The zero-order valence-electron chi connectivity index (χ0n) is 17.3. The molecular formula is C23H20F3N3O4. The molecule has 10 heteroatoms. The number of halogens is 3. The normalized spacial score (nSPS) is 16.0. The first kappa shape index (κ1) is 22.5. The van der Waals surface area contributed by atoms with E-state index in [0.717, 1.165) is 25.0 Å². The van der Waals surface area contributed by atoms with Gasteiger partial charge in [-0.1, -0.05) is 24.3 Å². The van der Waals surface area contributed by atoms with Gasteiger partial charge in [-0.05, 0) is 42.7 Å². The third-order valence-electron chi connectivity index (χ3n) is 5.47. The van der Waals surface area contributed by atoms with Gasteiger partial charge in [0.05, 0.1) is 33.4 Å². The molecule has 4 rings (SSSR count). The van der Waals surface area contributed by atoms with Crippen LogP contribution >= 0.6 is 0 Å². The second-order valence-electron chi connectivity index (χ2n) is 7.67. The van der Waals surface area contributed by atoms with E-state index in [-0.39, 0.29) is 35.2 Å². The number of H-pyrrole nitrogens is 1. The van der Waals surface area contributed by atoms with Crippen LogP contribution in [0.2, 0.25) is 0 Å². The maximum Gasteiger partial charge on any atom is 0.416 e. The molecular weight excluding hydrogens is 439 g/mol. The Balaban J connectivity index is 1.73. The summed E-state index contributed by atoms with van der Waals surface area (Å²) in [6, 6.07) is 11.9. The molecule has 2 aromatic carbocycles. The topological polar surface area (TPSA) is 97.3 Å². The molecule has 1 aliphatic heterocycles. The van der Waals surface area contributed by atoms with Crippen molar-refractivity contribution in [3.8, 4) is 22.5 Å². The van der Waals surface area contributed by atoms with Crippen molar-refractivity contribution in [1.82, 2.24) is 10.3 Å². The summed E-state index contributed by atoms with van der Waals surface area (Å²) < 4.78 is 44.3. The van der Waals surface area contributed by atoms with Gasteiger partial charge in [0.2, 0.25) is 0 Å². The van der Waals surface area contributed by atoms with Crippen LogP contribution in [0.5, 0.6) is 0 Å². The molecule has 1 atom stereocenters. The zero-order valence-corrected chi connectivity index (χ0v) is 17.3. The van der Waals surface area contributed by atoms with Gasteiger partial charge in [0.15, 0.2) is 0 Å². The van der Waals surface area contributed by atoms with Crippen LogP contribution in [0.4, 0.5) is 18.9 Å². The van der Waals surface area contributed by atoms with Crippen molar-refractivity contribution in [2.75, 3.05) is 13.2 Å². The Labute approximate surface area is 186 Å². The number of nitrogens with zero attached hydrogens (tertiary/aromatic N) is 1. The molecule has 0 bridgehead atoms. The number of para-hydroxylation sites is 1. The molecule has 33 heavy (non-hydrogen) atoms. The Morgan fingerprint density at radius 1 is 1.18 bits per heavy atom. The maximum absolute atomic E-state index is 13.0. The summed E-state index contributed by atoms with van der Waals surface area (Å²) in [5.41, 5.74) is 0.320. The van der Waals surface area contributed by atoms with E-state index in [9.17, 15) is 28.1 Å². The number of hydrogen-bond acceptors (Lipinski definition) is 4. The fraction of sp³-hybridized carbons (Fsp3) is 0.261. The summed E-state index contributed by atoms with van der Waals surface area (Å²) in [7, 11) is 0. The number of nitrogens with one attached hydrogen (secondary N) is 2. The van der Waals surface area contributed by atoms with Crippen LogP contribution < -0.4 is 5.32 Å². The molecule has 0 spiro atoms. The standard InChI is InChI=1S/C23H20F3N3O4/c24-23(25,26)15-9-7-14(8-10-15)19-12-18(22(30)27-13-16-4-3-11-33-16)21(28-19)17-5-1-2-6-20(17)29(31)32/h1-2,5-10,12,16,28H,3-4,11,13H2,(H,27,30). The van der Waals surface area contributed by atoms with Crippen LogP contribution in [-0.2, 0) is 10.9 Å². The molecule has 7 nitrogen and oxygen atoms in total. The number of ether oxygens (including phenoxy) is 1. The molecule has 2 heterocycles. The Bertz CT molecular complexity index is 1170. The lowest BCUT2D eigenvalue weighted by molar-refractivity contribution is -0.384. The molecule has 0 radical (unpaired) electrons. The minimum atomic E-state index is -4.47. The van der Waals surface area contributed by atoms with E-state index in [2.05, 4.69) is 10.3 Å². The van der Waals surface area contributed by atoms with E-state index >= 15 is 0 Å². The van der Waals surface area contributed by atoms with Crippen molar-refractivity contribution >= 4 is 11.6 Å². The minimum absolute atomic E-state index is 0.100. The monoisotopic (exact) mass is 459 g/mol. The molecule has 1 aromatic heterocycles. The number of hydrogen-bond donors (Lipinski definition) is 2. The predicted octanol–water partition coefficient (Wildman–Crippen LogP) is 5.18. The Morgan fingerprint density at radius 2 is 1.91 bits per heavy atom. The number of carbonyl (C=O) groups is 1. The van der Waals surface area contributed by atoms with Crippen molar-refractivity contribution in [2.24, 2.45) is 0 Å². The molecule has 1 aliphatic rings. The van der Waals surface area contributed by atoms with Crippen LogP contribution in [0, 0.1) is 10.1 Å². The summed E-state index contributed by atoms with van der Waals surface area (Å²) in [5, 5.41) is 14.3. The lowest BCUT2D eigenvalue weighted by Crippen LogP contribution is -2.31. The van der Waals surface area contributed by atoms with Crippen molar-refractivity contribution in [1.29, 1.82) is 0 Å². The van der Waals surface area contributed by atoms with Gasteiger partial charge < -0.3 is 15.0 Å². The van der Waals surface area contributed by atoms with E-state index in [1.807, 2.05) is 0 Å². The van der Waals surface area contributed by atoms with Gasteiger partial charge in [-0.25, -0.2) is 0 Å². The molecule has 1 unspecified atom stereocenters. The van der Waals surface area contributed by atoms with Crippen LogP contribution in [0.3, 0.4) is 0 Å². The smallest absolute Gasteiger partial charge is 0.376 e. The first-order chi connectivity index (χ1) is 15.7. The lowest BCUT2D eigenvalue weighted by atomic mass is 10.0. The van der Waals surface area contributed by atoms with Gasteiger partial charge in [0.1, 0.15) is 0 Å². The highest BCUT2D eigenvalue weighted by Crippen LogP contribution is 2.36. The fourth-order valence-electron chi connectivity index (χ4n) is 3.79. The number of aromatic amines is 1. The van der Waals surface area contributed by atoms with Gasteiger partial charge in [-0.15, -0.1) is 0 Å². The molecule has 1 amide bonds. The highest BCUT2D eigenvalue weighted by atomic mass is 19.4. The Hall–Kier alpha value is -3.66. The van der Waals surface area contributed by atoms with E-state index in [1.54, 1.807) is 6.07 Å². The van der Waals surface area contributed by atoms with Crippen LogP contribution in [0.1, 0.15) is 28.8 Å². The van der Waals surface area contributed by atoms with Gasteiger partial charge in [-0.3, -0.25) is 14.9 Å². The highest BCUT2D eigenvalue weighted by molar-refractivity contribution is 6.02. The summed E-state index contributed by atoms with van der Waals surface area (Å²) >= 11 is 0. The van der Waals surface area contributed by atoms with Gasteiger partial charge in [-0.2, -0.15) is 13.2 Å². The number of carbonyl (C=O) groups excluding carboxylic acids is 1. The molecule has 3 aromatic rings. The van der Waals surface area contributed by atoms with E-state index < -0.39 is 22.6 Å². The summed E-state index contributed by atoms with van der Waals surface area (Å²) in [5.74, 6) is -0.465. The highest BCUT2D eigenvalue weighted by Gasteiger charge is 2.30. The molecule has 2 N–H and O–H groups in total. The van der Waals surface area contributed by atoms with E-state index in [1.165, 1.54) is 36.4 Å². The molecule has 172 valence electrons. The lowest BCUT2D eigenvalue weighted by Gasteiger charge is -2.11. The molecule has 0 aliphatic carbocycles. The number of alkyl halides is 3. The Kier molecular flexibility index (Phi) is 6.19. The number of rotatable bonds is 6. The molecule has 1 saturated heterocycles. The fourth-order valence-corrected chi connectivity index (χ4v) is 3.79. The van der Waals surface area contributed by atoms with Crippen LogP contribution in [-0.4, -0.2) is 35.1 Å². The quantitative estimate of drug-likeness (QED) is 0.392. The number of amides is 1. The molecule has 1 fully saturated rings. The van der Waals surface area contributed by atoms with Crippen molar-refractivity contribution < 1.29 is 27.6 Å². The van der Waals surface area contributed by atoms with E-state index in [4.69, 9.17) is 4.74 Å². The third-order valence-corrected chi connectivity index (χ3v) is 5.47. The van der Waals surface area contributed by atoms with Crippen molar-refractivity contribution in [3.63, 3.8) is 0 Å². The first-order valence-corrected chi connectivity index (χ1v) is 10.3. The summed E-state index contributed by atoms with van der Waals surface area (Å²) in [6.45, 7) is 0.917. The zero-order chi connectivity index (χ0) is 23.6. The van der Waals surface area contributed by atoms with Crippen LogP contribution in [0.15, 0.2) is 54.6 Å². The molecule has 0 saturated carbocycles. The van der Waals surface area contributed by atoms with Crippen LogP contribution in [0.25, 0.3) is 22.5 Å². The van der Waals surface area contributed by atoms with Crippen molar-refractivity contribution in [2.45, 2.75) is 25.1 Å². The minimum Gasteiger partial charge on any atom is -0.376 e. The predicted molar refractivity (Wildman–Crippen MR) is 115 cm³/mol. The number of nitro groups is 1. The second-order valence-corrected chi connectivity index (χ2v) is 7.67. The van der Waals surface area contributed by atoms with E-state index in [0.29, 0.717) is 17.9 Å². The largest absolute Gasteiger partial charge is 0.416 e. The Morgan fingerprint density at radius 3 is 2.55 bits per heavy atom. The maximum atomic E-state index is 13.0. The van der Waals surface area contributed by atoms with Gasteiger partial charge >= 0.3 is 6.18 Å². The van der Waals surface area contributed by atoms with Gasteiger partial charge in [0, 0.05) is 24.9 Å². The number of nitro benzene ring substituents is 1. The average molecular weight is 459 g/mol. The summed E-state index contributed by atoms with van der Waals surface area (Å²) in [4.78, 5) is 27.0. The van der Waals surface area contributed by atoms with Crippen molar-refractivity contribution in [3.05, 3.63) is 75.8 Å². The SMILES string of the molecule is O=C(NCC1CCCO1)c1cc(-c2ccc(C(F)(F)F)cc2)[nH]c1-c1ccccc1[N+](=O)[O-]. The first-order valence-electron chi connectivity index (χ1n) is 10.3. The van der Waals surface area contributed by atoms with Gasteiger partial charge in [0.25, 0.3) is 11.6 Å². The number of benzene rings is 2. The number of aromatic nitrogens is 1. The second kappa shape index (κ2) is 9.07.